The Hall–Kier alpha value is -0.960. The predicted molar refractivity (Wildman–Crippen MR) is 74.4 cm³/mol. The van der Waals surface area contributed by atoms with Gasteiger partial charge in [-0.2, -0.15) is 0 Å². The number of aromatic nitrogens is 4. The summed E-state index contributed by atoms with van der Waals surface area (Å²) in [6.07, 6.45) is 0.688. The highest BCUT2D eigenvalue weighted by atomic mass is 32.2. The van der Waals surface area contributed by atoms with Gasteiger partial charge in [0.15, 0.2) is 6.29 Å². The third kappa shape index (κ3) is 4.27. The number of thioether (sulfide) groups is 1. The lowest BCUT2D eigenvalue weighted by Crippen LogP contribution is -2.22. The molecule has 0 aliphatic carbocycles. The molecular formula is C11H16N4O2S2. The standard InChI is InChI=1S/C11H16N4O2S2/c1-16-10(17-2)8-15-11(12-13-14-15)19-7-5-9-4-3-6-18-9/h3-4,6,10H,5,7-8H2,1-2H3. The van der Waals surface area contributed by atoms with E-state index >= 15 is 0 Å². The third-order valence-electron chi connectivity index (χ3n) is 2.51. The third-order valence-corrected chi connectivity index (χ3v) is 4.40. The van der Waals surface area contributed by atoms with E-state index in [0.29, 0.717) is 6.54 Å². The number of ether oxygens (including phenoxy) is 2. The van der Waals surface area contributed by atoms with Gasteiger partial charge in [-0.1, -0.05) is 17.8 Å². The first-order valence-electron chi connectivity index (χ1n) is 5.80. The van der Waals surface area contributed by atoms with Gasteiger partial charge in [-0.15, -0.1) is 16.4 Å². The minimum atomic E-state index is -0.333. The molecule has 0 radical (unpaired) electrons. The Bertz CT molecular complexity index is 471. The molecule has 0 unspecified atom stereocenters. The van der Waals surface area contributed by atoms with E-state index < -0.39 is 0 Å². The van der Waals surface area contributed by atoms with Gasteiger partial charge in [0.25, 0.3) is 0 Å². The zero-order valence-electron chi connectivity index (χ0n) is 10.9. The first-order valence-corrected chi connectivity index (χ1v) is 7.67. The lowest BCUT2D eigenvalue weighted by molar-refractivity contribution is -0.113. The van der Waals surface area contributed by atoms with Crippen LogP contribution in [0.15, 0.2) is 22.7 Å². The average Bonchev–Trinajstić information content (AvgIpc) is 3.08. The van der Waals surface area contributed by atoms with Crippen LogP contribution in [0.25, 0.3) is 0 Å². The van der Waals surface area contributed by atoms with Crippen LogP contribution in [-0.4, -0.2) is 46.5 Å². The van der Waals surface area contributed by atoms with Crippen LogP contribution in [0.5, 0.6) is 0 Å². The first kappa shape index (κ1) is 14.4. The van der Waals surface area contributed by atoms with Gasteiger partial charge in [0.05, 0.1) is 6.54 Å². The number of aryl methyl sites for hydroxylation is 1. The van der Waals surface area contributed by atoms with Crippen LogP contribution in [0.2, 0.25) is 0 Å². The van der Waals surface area contributed by atoms with Crippen LogP contribution in [0, 0.1) is 0 Å². The number of tetrazole rings is 1. The van der Waals surface area contributed by atoms with Crippen LogP contribution in [-0.2, 0) is 22.4 Å². The second kappa shape index (κ2) is 7.59. The molecule has 0 saturated heterocycles. The lowest BCUT2D eigenvalue weighted by Gasteiger charge is -2.13. The smallest absolute Gasteiger partial charge is 0.209 e. The Labute approximate surface area is 120 Å². The van der Waals surface area contributed by atoms with Gasteiger partial charge >= 0.3 is 0 Å². The van der Waals surface area contributed by atoms with Crippen molar-refractivity contribution in [3.05, 3.63) is 22.4 Å². The molecule has 0 N–H and O–H groups in total. The maximum Gasteiger partial charge on any atom is 0.209 e. The molecule has 0 atom stereocenters. The fourth-order valence-corrected chi connectivity index (χ4v) is 3.20. The van der Waals surface area contributed by atoms with Gasteiger partial charge in [0, 0.05) is 24.8 Å². The van der Waals surface area contributed by atoms with Gasteiger partial charge in [0.1, 0.15) is 0 Å². The summed E-state index contributed by atoms with van der Waals surface area (Å²) in [7, 11) is 3.20. The number of nitrogens with zero attached hydrogens (tertiary/aromatic N) is 4. The average molecular weight is 300 g/mol. The molecule has 0 saturated carbocycles. The summed E-state index contributed by atoms with van der Waals surface area (Å²) in [5.41, 5.74) is 0. The Kier molecular flexibility index (Phi) is 5.77. The Morgan fingerprint density at radius 1 is 1.42 bits per heavy atom. The van der Waals surface area contributed by atoms with Gasteiger partial charge in [-0.25, -0.2) is 4.68 Å². The molecule has 2 heterocycles. The summed E-state index contributed by atoms with van der Waals surface area (Å²) in [5.74, 6) is 0.950. The number of hydrogen-bond donors (Lipinski definition) is 0. The summed E-state index contributed by atoms with van der Waals surface area (Å²) in [4.78, 5) is 1.37. The molecule has 104 valence electrons. The van der Waals surface area contributed by atoms with E-state index in [9.17, 15) is 0 Å². The van der Waals surface area contributed by atoms with E-state index in [1.165, 1.54) is 4.88 Å². The molecule has 0 aliphatic rings. The van der Waals surface area contributed by atoms with Crippen molar-refractivity contribution >= 4 is 23.1 Å². The molecular weight excluding hydrogens is 284 g/mol. The number of thiophene rings is 1. The van der Waals surface area contributed by atoms with E-state index in [1.54, 1.807) is 42.0 Å². The van der Waals surface area contributed by atoms with E-state index in [0.717, 1.165) is 17.3 Å². The van der Waals surface area contributed by atoms with Crippen molar-refractivity contribution in [1.29, 1.82) is 0 Å². The molecule has 2 aromatic heterocycles. The Balaban J connectivity index is 1.85. The van der Waals surface area contributed by atoms with Crippen molar-refractivity contribution in [3.63, 3.8) is 0 Å². The van der Waals surface area contributed by atoms with Gasteiger partial charge in [-0.3, -0.25) is 0 Å². The van der Waals surface area contributed by atoms with Crippen molar-refractivity contribution in [2.75, 3.05) is 20.0 Å². The Morgan fingerprint density at radius 3 is 2.95 bits per heavy atom. The summed E-state index contributed by atoms with van der Waals surface area (Å²) in [6, 6.07) is 4.20. The van der Waals surface area contributed by atoms with E-state index in [-0.39, 0.29) is 6.29 Å². The maximum atomic E-state index is 5.14. The minimum Gasteiger partial charge on any atom is -0.354 e. The second-order valence-electron chi connectivity index (χ2n) is 3.72. The van der Waals surface area contributed by atoms with Crippen molar-refractivity contribution in [2.45, 2.75) is 24.4 Å². The van der Waals surface area contributed by atoms with Crippen LogP contribution < -0.4 is 0 Å². The summed E-state index contributed by atoms with van der Waals surface area (Å²) in [6.45, 7) is 0.487. The highest BCUT2D eigenvalue weighted by Crippen LogP contribution is 2.18. The largest absolute Gasteiger partial charge is 0.354 e. The molecule has 2 rings (SSSR count). The monoisotopic (exact) mass is 300 g/mol. The Morgan fingerprint density at radius 2 is 2.26 bits per heavy atom. The van der Waals surface area contributed by atoms with E-state index in [4.69, 9.17) is 9.47 Å². The molecule has 0 aromatic carbocycles. The first-order chi connectivity index (χ1) is 9.33. The zero-order valence-corrected chi connectivity index (χ0v) is 12.5. The fraction of sp³-hybridized carbons (Fsp3) is 0.545. The van der Waals surface area contributed by atoms with Crippen molar-refractivity contribution in [3.8, 4) is 0 Å². The highest BCUT2D eigenvalue weighted by Gasteiger charge is 2.12. The van der Waals surface area contributed by atoms with Crippen LogP contribution in [0.1, 0.15) is 4.88 Å². The minimum absolute atomic E-state index is 0.333. The molecule has 8 heteroatoms. The van der Waals surface area contributed by atoms with E-state index in [2.05, 4.69) is 33.0 Å². The summed E-state index contributed by atoms with van der Waals surface area (Å²) >= 11 is 3.41. The van der Waals surface area contributed by atoms with Crippen LogP contribution in [0.4, 0.5) is 0 Å². The predicted octanol–water partition coefficient (Wildman–Crippen LogP) is 1.69. The van der Waals surface area contributed by atoms with Gasteiger partial charge < -0.3 is 9.47 Å². The highest BCUT2D eigenvalue weighted by molar-refractivity contribution is 7.99. The van der Waals surface area contributed by atoms with Crippen molar-refractivity contribution in [2.24, 2.45) is 0 Å². The van der Waals surface area contributed by atoms with E-state index in [1.807, 2.05) is 0 Å². The summed E-state index contributed by atoms with van der Waals surface area (Å²) in [5, 5.41) is 14.5. The normalized spacial score (nSPS) is 11.3. The summed E-state index contributed by atoms with van der Waals surface area (Å²) < 4.78 is 12.0. The quantitative estimate of drug-likeness (QED) is 0.546. The number of methoxy groups -OCH3 is 2. The van der Waals surface area contributed by atoms with Gasteiger partial charge in [-0.05, 0) is 28.3 Å². The molecule has 6 nitrogen and oxygen atoms in total. The molecule has 19 heavy (non-hydrogen) atoms. The number of rotatable bonds is 8. The van der Waals surface area contributed by atoms with Gasteiger partial charge in [0.2, 0.25) is 5.16 Å². The fourth-order valence-electron chi connectivity index (χ4n) is 1.50. The van der Waals surface area contributed by atoms with Crippen molar-refractivity contribution < 1.29 is 9.47 Å². The SMILES string of the molecule is COC(Cn1nnnc1SCCc1cccs1)OC. The molecule has 2 aromatic rings. The topological polar surface area (TPSA) is 62.1 Å². The molecule has 0 bridgehead atoms. The molecule has 0 aliphatic heterocycles. The van der Waals surface area contributed by atoms with Crippen LogP contribution >= 0.6 is 23.1 Å². The second-order valence-corrected chi connectivity index (χ2v) is 5.82. The molecule has 0 fully saturated rings. The number of hydrogen-bond acceptors (Lipinski definition) is 7. The van der Waals surface area contributed by atoms with Crippen molar-refractivity contribution in [1.82, 2.24) is 20.2 Å². The zero-order chi connectivity index (χ0) is 13.5. The molecule has 0 amide bonds. The maximum absolute atomic E-state index is 5.14. The lowest BCUT2D eigenvalue weighted by atomic mass is 10.4. The molecule has 0 spiro atoms. The van der Waals surface area contributed by atoms with Crippen LogP contribution in [0.3, 0.4) is 0 Å².